The normalized spacial score (nSPS) is 12.9. The van der Waals surface area contributed by atoms with Crippen LogP contribution in [0.25, 0.3) is 33.1 Å². The Hall–Kier alpha value is -4.19. The van der Waals surface area contributed by atoms with Crippen LogP contribution in [0, 0.1) is 0 Å². The zero-order valence-electron chi connectivity index (χ0n) is 18.3. The molecule has 3 aromatic carbocycles. The van der Waals surface area contributed by atoms with Crippen molar-refractivity contribution in [3.63, 3.8) is 0 Å². The molecule has 0 atom stereocenters. The number of aromatic amines is 1. The maximum Gasteiger partial charge on any atom is 0.289 e. The Balaban J connectivity index is 1.26. The van der Waals surface area contributed by atoms with Crippen LogP contribution < -0.4 is 5.43 Å². The van der Waals surface area contributed by atoms with Crippen molar-refractivity contribution in [2.75, 3.05) is 0 Å². The molecule has 5 aromatic rings. The number of fused-ring (bicyclic) bond motifs is 6. The van der Waals surface area contributed by atoms with E-state index < -0.39 is 0 Å². The highest BCUT2D eigenvalue weighted by Crippen LogP contribution is 2.33. The number of hydrogen-bond acceptors (Lipinski definition) is 3. The second kappa shape index (κ2) is 7.74. The number of nitrogens with zero attached hydrogens (tertiary/aromatic N) is 3. The van der Waals surface area contributed by atoms with Crippen molar-refractivity contribution in [3.8, 4) is 11.3 Å². The van der Waals surface area contributed by atoms with Gasteiger partial charge in [0.25, 0.3) is 5.91 Å². The first kappa shape index (κ1) is 19.5. The van der Waals surface area contributed by atoms with E-state index in [0.29, 0.717) is 5.69 Å². The third-order valence-electron chi connectivity index (χ3n) is 6.50. The van der Waals surface area contributed by atoms with Gasteiger partial charge < -0.3 is 4.57 Å². The van der Waals surface area contributed by atoms with Crippen molar-refractivity contribution >= 4 is 33.9 Å². The molecule has 1 aliphatic carbocycles. The molecule has 0 spiro atoms. The second-order valence-corrected chi connectivity index (χ2v) is 8.32. The summed E-state index contributed by atoms with van der Waals surface area (Å²) in [5.41, 5.74) is 10.7. The van der Waals surface area contributed by atoms with E-state index in [-0.39, 0.29) is 5.91 Å². The van der Waals surface area contributed by atoms with E-state index in [4.69, 9.17) is 0 Å². The van der Waals surface area contributed by atoms with Crippen molar-refractivity contribution in [2.24, 2.45) is 5.10 Å². The summed E-state index contributed by atoms with van der Waals surface area (Å²) >= 11 is 0. The number of benzene rings is 3. The highest BCUT2D eigenvalue weighted by atomic mass is 16.2. The van der Waals surface area contributed by atoms with Crippen LogP contribution in [0.15, 0.2) is 71.8 Å². The van der Waals surface area contributed by atoms with Crippen LogP contribution in [-0.4, -0.2) is 26.9 Å². The molecular formula is C27H23N5O. The standard InChI is InChI=1S/C27H23N5O/c1-2-32-23-10-6-5-9-20(23)22-15-17(11-14-24(22)32)16-28-31-27(33)26-21-13-12-18-7-3-4-8-19(18)25(21)29-30-26/h3-11,14-16H,2,12-13H2,1H3,(H,29,30)(H,31,33)/b28-16+. The molecule has 0 fully saturated rings. The lowest BCUT2D eigenvalue weighted by Gasteiger charge is -2.15. The average Bonchev–Trinajstić information content (AvgIpc) is 3.43. The molecule has 0 unspecified atom stereocenters. The predicted molar refractivity (Wildman–Crippen MR) is 132 cm³/mol. The van der Waals surface area contributed by atoms with Crippen LogP contribution in [-0.2, 0) is 19.4 Å². The summed E-state index contributed by atoms with van der Waals surface area (Å²) in [5, 5.41) is 14.0. The SMILES string of the molecule is CCn1c2ccccc2c2cc(/C=N/NC(=O)c3[nH]nc4c3CCc3ccccc3-4)ccc21. The number of amides is 1. The van der Waals surface area contributed by atoms with E-state index in [1.54, 1.807) is 6.21 Å². The van der Waals surface area contributed by atoms with Gasteiger partial charge in [0.15, 0.2) is 0 Å². The van der Waals surface area contributed by atoms with Crippen molar-refractivity contribution < 1.29 is 4.79 Å². The third kappa shape index (κ3) is 3.14. The first-order chi connectivity index (χ1) is 16.2. The molecule has 2 N–H and O–H groups in total. The molecule has 6 nitrogen and oxygen atoms in total. The Morgan fingerprint density at radius 3 is 2.79 bits per heavy atom. The largest absolute Gasteiger partial charge is 0.341 e. The zero-order chi connectivity index (χ0) is 22.4. The number of aryl methyl sites for hydroxylation is 2. The topological polar surface area (TPSA) is 75.1 Å². The van der Waals surface area contributed by atoms with Crippen molar-refractivity contribution in [2.45, 2.75) is 26.3 Å². The first-order valence-corrected chi connectivity index (χ1v) is 11.2. The van der Waals surface area contributed by atoms with Crippen LogP contribution in [0.1, 0.15) is 34.1 Å². The summed E-state index contributed by atoms with van der Waals surface area (Å²) in [6, 6.07) is 22.9. The lowest BCUT2D eigenvalue weighted by molar-refractivity contribution is 0.0949. The van der Waals surface area contributed by atoms with Gasteiger partial charge in [0.05, 0.1) is 11.9 Å². The van der Waals surface area contributed by atoms with Gasteiger partial charge in [0.1, 0.15) is 5.69 Å². The molecule has 2 heterocycles. The molecule has 0 bridgehead atoms. The summed E-state index contributed by atoms with van der Waals surface area (Å²) < 4.78 is 2.31. The van der Waals surface area contributed by atoms with Crippen LogP contribution in [0.4, 0.5) is 0 Å². The van der Waals surface area contributed by atoms with E-state index in [9.17, 15) is 4.79 Å². The number of aromatic nitrogens is 3. The fraction of sp³-hybridized carbons (Fsp3) is 0.148. The van der Waals surface area contributed by atoms with E-state index >= 15 is 0 Å². The number of para-hydroxylation sites is 1. The minimum Gasteiger partial charge on any atom is -0.341 e. The van der Waals surface area contributed by atoms with Crippen LogP contribution in [0.3, 0.4) is 0 Å². The second-order valence-electron chi connectivity index (χ2n) is 8.32. The molecule has 6 rings (SSSR count). The molecule has 162 valence electrons. The van der Waals surface area contributed by atoms with Crippen molar-refractivity contribution in [1.29, 1.82) is 0 Å². The minimum absolute atomic E-state index is 0.275. The monoisotopic (exact) mass is 433 g/mol. The Bertz CT molecular complexity index is 1560. The number of hydrogen-bond donors (Lipinski definition) is 2. The Morgan fingerprint density at radius 1 is 1.06 bits per heavy atom. The fourth-order valence-corrected chi connectivity index (χ4v) is 4.96. The average molecular weight is 434 g/mol. The molecule has 1 aliphatic rings. The van der Waals surface area contributed by atoms with Crippen LogP contribution >= 0.6 is 0 Å². The van der Waals surface area contributed by atoms with Gasteiger partial charge in [0.2, 0.25) is 0 Å². The van der Waals surface area contributed by atoms with Crippen LogP contribution in [0.5, 0.6) is 0 Å². The van der Waals surface area contributed by atoms with Gasteiger partial charge >= 0.3 is 0 Å². The molecule has 33 heavy (non-hydrogen) atoms. The van der Waals surface area contributed by atoms with Gasteiger partial charge in [-0.15, -0.1) is 0 Å². The summed E-state index contributed by atoms with van der Waals surface area (Å²) in [5.74, 6) is -0.275. The number of carbonyl (C=O) groups excluding carboxylic acids is 1. The summed E-state index contributed by atoms with van der Waals surface area (Å²) in [6.45, 7) is 3.07. The summed E-state index contributed by atoms with van der Waals surface area (Å²) in [4.78, 5) is 12.8. The lowest BCUT2D eigenvalue weighted by atomic mass is 9.89. The number of carbonyl (C=O) groups is 1. The Kier molecular flexibility index (Phi) is 4.57. The molecule has 1 amide bonds. The van der Waals surface area contributed by atoms with E-state index in [0.717, 1.165) is 41.8 Å². The molecule has 0 aliphatic heterocycles. The highest BCUT2D eigenvalue weighted by molar-refractivity contribution is 6.09. The Morgan fingerprint density at radius 2 is 1.88 bits per heavy atom. The molecule has 6 heteroatoms. The van der Waals surface area contributed by atoms with Gasteiger partial charge in [-0.25, -0.2) is 5.43 Å². The maximum atomic E-state index is 12.8. The number of hydrazone groups is 1. The Labute approximate surface area is 190 Å². The summed E-state index contributed by atoms with van der Waals surface area (Å²) in [6.07, 6.45) is 3.37. The summed E-state index contributed by atoms with van der Waals surface area (Å²) in [7, 11) is 0. The zero-order valence-corrected chi connectivity index (χ0v) is 18.3. The molecule has 0 saturated carbocycles. The number of nitrogens with one attached hydrogen (secondary N) is 2. The smallest absolute Gasteiger partial charge is 0.289 e. The van der Waals surface area contributed by atoms with Crippen LogP contribution in [0.2, 0.25) is 0 Å². The van der Waals surface area contributed by atoms with Gasteiger partial charge in [-0.2, -0.15) is 10.2 Å². The number of rotatable bonds is 4. The van der Waals surface area contributed by atoms with E-state index in [1.807, 2.05) is 18.2 Å². The quantitative estimate of drug-likeness (QED) is 0.307. The molecule has 2 aromatic heterocycles. The molecule has 0 radical (unpaired) electrons. The predicted octanol–water partition coefficient (Wildman–Crippen LogP) is 5.07. The molecule has 0 saturated heterocycles. The van der Waals surface area contributed by atoms with Gasteiger partial charge in [-0.1, -0.05) is 48.5 Å². The van der Waals surface area contributed by atoms with Crippen molar-refractivity contribution in [1.82, 2.24) is 20.2 Å². The van der Waals surface area contributed by atoms with Gasteiger partial charge in [0, 0.05) is 39.5 Å². The first-order valence-electron chi connectivity index (χ1n) is 11.2. The third-order valence-corrected chi connectivity index (χ3v) is 6.50. The van der Waals surface area contributed by atoms with Gasteiger partial charge in [-0.05, 0) is 49.1 Å². The molecular weight excluding hydrogens is 410 g/mol. The highest BCUT2D eigenvalue weighted by Gasteiger charge is 2.24. The fourth-order valence-electron chi connectivity index (χ4n) is 4.96. The van der Waals surface area contributed by atoms with E-state index in [1.165, 1.54) is 27.4 Å². The minimum atomic E-state index is -0.275. The van der Waals surface area contributed by atoms with E-state index in [2.05, 4.69) is 80.7 Å². The lowest BCUT2D eigenvalue weighted by Crippen LogP contribution is -2.20. The number of H-pyrrole nitrogens is 1. The van der Waals surface area contributed by atoms with Crippen molar-refractivity contribution in [3.05, 3.63) is 89.1 Å². The maximum absolute atomic E-state index is 12.8. The van der Waals surface area contributed by atoms with Gasteiger partial charge in [-0.3, -0.25) is 9.89 Å².